The topological polar surface area (TPSA) is 89.5 Å². The van der Waals surface area contributed by atoms with E-state index in [0.29, 0.717) is 25.2 Å². The SMILES string of the molecule is CCCN1CC2(CCN(C(=O)c3ccn[nH]3)CC2)C[C@H]1C(=O)O. The lowest BCUT2D eigenvalue weighted by molar-refractivity contribution is -0.142. The van der Waals surface area contributed by atoms with Gasteiger partial charge in [0.15, 0.2) is 0 Å². The molecule has 2 aliphatic heterocycles. The number of carbonyl (C=O) groups excluding carboxylic acids is 1. The van der Waals surface area contributed by atoms with Crippen molar-refractivity contribution >= 4 is 11.9 Å². The van der Waals surface area contributed by atoms with Gasteiger partial charge in [-0.15, -0.1) is 0 Å². The Morgan fingerprint density at radius 2 is 2.17 bits per heavy atom. The zero-order chi connectivity index (χ0) is 16.4. The normalized spacial score (nSPS) is 24.2. The molecule has 126 valence electrons. The van der Waals surface area contributed by atoms with E-state index in [0.717, 1.165) is 32.4 Å². The van der Waals surface area contributed by atoms with Crippen molar-refractivity contribution in [2.75, 3.05) is 26.2 Å². The van der Waals surface area contributed by atoms with Crippen LogP contribution in [0.1, 0.15) is 43.1 Å². The average molecular weight is 320 g/mol. The number of rotatable bonds is 4. The van der Waals surface area contributed by atoms with Crippen molar-refractivity contribution in [3.05, 3.63) is 18.0 Å². The van der Waals surface area contributed by atoms with Gasteiger partial charge >= 0.3 is 5.97 Å². The molecular weight excluding hydrogens is 296 g/mol. The van der Waals surface area contributed by atoms with Crippen molar-refractivity contribution in [2.45, 2.75) is 38.6 Å². The van der Waals surface area contributed by atoms with Crippen molar-refractivity contribution in [1.82, 2.24) is 20.0 Å². The van der Waals surface area contributed by atoms with Gasteiger partial charge in [0.05, 0.1) is 0 Å². The Morgan fingerprint density at radius 1 is 1.43 bits per heavy atom. The molecule has 0 unspecified atom stereocenters. The summed E-state index contributed by atoms with van der Waals surface area (Å²) in [5, 5.41) is 16.0. The van der Waals surface area contributed by atoms with Gasteiger partial charge < -0.3 is 10.0 Å². The fourth-order valence-corrected chi connectivity index (χ4v) is 4.00. The van der Waals surface area contributed by atoms with E-state index in [4.69, 9.17) is 0 Å². The van der Waals surface area contributed by atoms with Crippen LogP contribution in [-0.2, 0) is 4.79 Å². The van der Waals surface area contributed by atoms with E-state index in [-0.39, 0.29) is 17.4 Å². The first-order valence-electron chi connectivity index (χ1n) is 8.30. The Hall–Kier alpha value is -1.89. The average Bonchev–Trinajstić information content (AvgIpc) is 3.17. The van der Waals surface area contributed by atoms with Crippen molar-refractivity contribution in [3.63, 3.8) is 0 Å². The molecule has 1 atom stereocenters. The number of amides is 1. The number of hydrogen-bond donors (Lipinski definition) is 2. The van der Waals surface area contributed by atoms with Crippen LogP contribution >= 0.6 is 0 Å². The fraction of sp³-hybridized carbons (Fsp3) is 0.688. The summed E-state index contributed by atoms with van der Waals surface area (Å²) < 4.78 is 0. The molecule has 2 saturated heterocycles. The first-order valence-corrected chi connectivity index (χ1v) is 8.30. The van der Waals surface area contributed by atoms with E-state index < -0.39 is 5.97 Å². The number of hydrogen-bond acceptors (Lipinski definition) is 4. The molecule has 0 aromatic carbocycles. The summed E-state index contributed by atoms with van der Waals surface area (Å²) in [4.78, 5) is 27.8. The van der Waals surface area contributed by atoms with Crippen LogP contribution in [0.5, 0.6) is 0 Å². The number of aromatic amines is 1. The van der Waals surface area contributed by atoms with Gasteiger partial charge in [0.1, 0.15) is 11.7 Å². The molecule has 2 aliphatic rings. The van der Waals surface area contributed by atoms with Gasteiger partial charge in [0.25, 0.3) is 5.91 Å². The first-order chi connectivity index (χ1) is 11.0. The van der Waals surface area contributed by atoms with Gasteiger partial charge in [0, 0.05) is 25.8 Å². The molecule has 1 spiro atoms. The molecule has 0 radical (unpaired) electrons. The van der Waals surface area contributed by atoms with E-state index >= 15 is 0 Å². The molecule has 7 heteroatoms. The summed E-state index contributed by atoms with van der Waals surface area (Å²) in [5.41, 5.74) is 0.562. The van der Waals surface area contributed by atoms with Gasteiger partial charge in [-0.05, 0) is 43.7 Å². The number of nitrogens with one attached hydrogen (secondary N) is 1. The lowest BCUT2D eigenvalue weighted by atomic mass is 9.76. The standard InChI is InChI=1S/C16H24N4O3/c1-2-7-20-11-16(10-13(20)15(22)23)4-8-19(9-5-16)14(21)12-3-6-17-18-12/h3,6,13H,2,4-5,7-11H2,1H3,(H,17,18)(H,22,23)/t13-/m0/s1. The van der Waals surface area contributed by atoms with Crippen molar-refractivity contribution in [2.24, 2.45) is 5.41 Å². The molecule has 7 nitrogen and oxygen atoms in total. The summed E-state index contributed by atoms with van der Waals surface area (Å²) in [5.74, 6) is -0.734. The lowest BCUT2D eigenvalue weighted by Crippen LogP contribution is -2.44. The summed E-state index contributed by atoms with van der Waals surface area (Å²) >= 11 is 0. The summed E-state index contributed by atoms with van der Waals surface area (Å²) in [6, 6.07) is 1.32. The van der Waals surface area contributed by atoms with E-state index in [1.54, 1.807) is 12.3 Å². The number of likely N-dealkylation sites (tertiary alicyclic amines) is 2. The van der Waals surface area contributed by atoms with Crippen LogP contribution in [0.15, 0.2) is 12.3 Å². The van der Waals surface area contributed by atoms with Gasteiger partial charge in [-0.1, -0.05) is 6.92 Å². The number of carbonyl (C=O) groups is 2. The maximum absolute atomic E-state index is 12.4. The number of carboxylic acids is 1. The largest absolute Gasteiger partial charge is 0.480 e. The minimum Gasteiger partial charge on any atom is -0.480 e. The van der Waals surface area contributed by atoms with E-state index in [1.165, 1.54) is 0 Å². The first kappa shape index (κ1) is 16.0. The zero-order valence-corrected chi connectivity index (χ0v) is 13.5. The minimum atomic E-state index is -0.716. The third-order valence-electron chi connectivity index (χ3n) is 5.24. The number of carboxylic acid groups (broad SMARTS) is 1. The maximum atomic E-state index is 12.4. The molecule has 0 saturated carbocycles. The second-order valence-electron chi connectivity index (χ2n) is 6.79. The van der Waals surface area contributed by atoms with Gasteiger partial charge in [0.2, 0.25) is 0 Å². The van der Waals surface area contributed by atoms with Crippen molar-refractivity contribution < 1.29 is 14.7 Å². The monoisotopic (exact) mass is 320 g/mol. The second-order valence-corrected chi connectivity index (χ2v) is 6.79. The highest BCUT2D eigenvalue weighted by Crippen LogP contribution is 2.43. The highest BCUT2D eigenvalue weighted by molar-refractivity contribution is 5.92. The summed E-state index contributed by atoms with van der Waals surface area (Å²) in [6.45, 7) is 5.11. The second kappa shape index (κ2) is 6.31. The highest BCUT2D eigenvalue weighted by Gasteiger charge is 2.48. The van der Waals surface area contributed by atoms with Crippen LogP contribution < -0.4 is 0 Å². The third kappa shape index (κ3) is 3.10. The molecule has 3 rings (SSSR count). The highest BCUT2D eigenvalue weighted by atomic mass is 16.4. The van der Waals surface area contributed by atoms with E-state index in [1.807, 2.05) is 4.90 Å². The van der Waals surface area contributed by atoms with Crippen LogP contribution in [-0.4, -0.2) is 69.2 Å². The van der Waals surface area contributed by atoms with Gasteiger partial charge in [-0.25, -0.2) is 0 Å². The van der Waals surface area contributed by atoms with Gasteiger partial charge in [-0.3, -0.25) is 19.6 Å². The molecule has 1 aromatic rings. The van der Waals surface area contributed by atoms with Crippen molar-refractivity contribution in [3.8, 4) is 0 Å². The zero-order valence-electron chi connectivity index (χ0n) is 13.5. The Labute approximate surface area is 135 Å². The van der Waals surface area contributed by atoms with Crippen LogP contribution in [0.4, 0.5) is 0 Å². The Balaban J connectivity index is 1.64. The molecule has 3 heterocycles. The van der Waals surface area contributed by atoms with Crippen LogP contribution in [0.25, 0.3) is 0 Å². The predicted octanol–water partition coefficient (Wildman–Crippen LogP) is 1.20. The molecular formula is C16H24N4O3. The molecule has 2 N–H and O–H groups in total. The smallest absolute Gasteiger partial charge is 0.320 e. The lowest BCUT2D eigenvalue weighted by Gasteiger charge is -2.39. The summed E-state index contributed by atoms with van der Waals surface area (Å²) in [7, 11) is 0. The Bertz CT molecular complexity index is 564. The number of nitrogens with zero attached hydrogens (tertiary/aromatic N) is 3. The number of aliphatic carboxylic acids is 1. The summed E-state index contributed by atoms with van der Waals surface area (Å²) in [6.07, 6.45) is 4.99. The number of aromatic nitrogens is 2. The molecule has 23 heavy (non-hydrogen) atoms. The Morgan fingerprint density at radius 3 is 2.74 bits per heavy atom. The van der Waals surface area contributed by atoms with Crippen LogP contribution in [0, 0.1) is 5.41 Å². The molecule has 2 fully saturated rings. The van der Waals surface area contributed by atoms with Crippen molar-refractivity contribution in [1.29, 1.82) is 0 Å². The van der Waals surface area contributed by atoms with Crippen LogP contribution in [0.2, 0.25) is 0 Å². The third-order valence-corrected chi connectivity index (χ3v) is 5.24. The molecule has 0 aliphatic carbocycles. The number of H-pyrrole nitrogens is 1. The molecule has 1 aromatic heterocycles. The van der Waals surface area contributed by atoms with Gasteiger partial charge in [-0.2, -0.15) is 5.10 Å². The van der Waals surface area contributed by atoms with E-state index in [2.05, 4.69) is 22.0 Å². The fourth-order valence-electron chi connectivity index (χ4n) is 4.00. The molecule has 1 amide bonds. The minimum absolute atomic E-state index is 0.0180. The number of piperidine rings is 1. The predicted molar refractivity (Wildman–Crippen MR) is 84.1 cm³/mol. The quantitative estimate of drug-likeness (QED) is 0.870. The van der Waals surface area contributed by atoms with Crippen LogP contribution in [0.3, 0.4) is 0 Å². The maximum Gasteiger partial charge on any atom is 0.320 e. The molecule has 0 bridgehead atoms. The Kier molecular flexibility index (Phi) is 4.39. The van der Waals surface area contributed by atoms with E-state index in [9.17, 15) is 14.7 Å².